The predicted molar refractivity (Wildman–Crippen MR) is 61.4 cm³/mol. The number of rotatable bonds is 3. The highest BCUT2D eigenvalue weighted by molar-refractivity contribution is 5.77. The van der Waals surface area contributed by atoms with Gasteiger partial charge in [-0.25, -0.2) is 0 Å². The van der Waals surface area contributed by atoms with Crippen molar-refractivity contribution in [2.45, 2.75) is 32.8 Å². The van der Waals surface area contributed by atoms with Crippen molar-refractivity contribution in [3.63, 3.8) is 0 Å². The summed E-state index contributed by atoms with van der Waals surface area (Å²) in [5.41, 5.74) is -1.59. The highest BCUT2D eigenvalue weighted by Crippen LogP contribution is 2.41. The Morgan fingerprint density at radius 3 is 2.47 bits per heavy atom. The van der Waals surface area contributed by atoms with E-state index in [4.69, 9.17) is 0 Å². The molecule has 0 spiro atoms. The van der Waals surface area contributed by atoms with Gasteiger partial charge in [-0.05, 0) is 20.8 Å². The van der Waals surface area contributed by atoms with E-state index in [-0.39, 0.29) is 5.78 Å². The van der Waals surface area contributed by atoms with E-state index >= 15 is 0 Å². The summed E-state index contributed by atoms with van der Waals surface area (Å²) in [6.07, 6.45) is 11.4. The summed E-state index contributed by atoms with van der Waals surface area (Å²) in [6, 6.07) is 0. The van der Waals surface area contributed by atoms with Crippen LogP contribution in [0, 0.1) is 5.41 Å². The lowest BCUT2D eigenvalue weighted by atomic mass is 9.67. The number of aliphatic hydroxyl groups is 1. The van der Waals surface area contributed by atoms with Gasteiger partial charge in [0.05, 0.1) is 5.60 Å². The van der Waals surface area contributed by atoms with Crippen LogP contribution < -0.4 is 0 Å². The fourth-order valence-corrected chi connectivity index (χ4v) is 2.02. The summed E-state index contributed by atoms with van der Waals surface area (Å²) >= 11 is 0. The maximum atomic E-state index is 11.3. The van der Waals surface area contributed by atoms with Gasteiger partial charge in [-0.2, -0.15) is 0 Å². The molecule has 15 heavy (non-hydrogen) atoms. The number of Topliss-reactive ketones (excluding diaryl/α,β-unsaturated/α-hetero) is 1. The normalized spacial score (nSPS) is 34.9. The second-order valence-corrected chi connectivity index (χ2v) is 4.28. The second-order valence-electron chi connectivity index (χ2n) is 4.28. The van der Waals surface area contributed by atoms with Crippen LogP contribution in [0.4, 0.5) is 0 Å². The van der Waals surface area contributed by atoms with Crippen LogP contribution in [0.1, 0.15) is 27.2 Å². The third-order valence-corrected chi connectivity index (χ3v) is 2.87. The highest BCUT2D eigenvalue weighted by atomic mass is 16.3. The molecule has 2 atom stereocenters. The van der Waals surface area contributed by atoms with Gasteiger partial charge >= 0.3 is 0 Å². The maximum absolute atomic E-state index is 11.3. The molecular formula is C13H18O2. The summed E-state index contributed by atoms with van der Waals surface area (Å²) in [7, 11) is 0. The topological polar surface area (TPSA) is 37.3 Å². The van der Waals surface area contributed by atoms with Crippen molar-refractivity contribution in [1.82, 2.24) is 0 Å². The first-order chi connectivity index (χ1) is 6.93. The number of carbonyl (C=O) groups excluding carboxylic acids is 1. The van der Waals surface area contributed by atoms with Gasteiger partial charge in [-0.1, -0.05) is 36.5 Å². The average Bonchev–Trinajstić information content (AvgIpc) is 2.09. The zero-order chi connectivity index (χ0) is 11.5. The molecule has 0 fully saturated rings. The van der Waals surface area contributed by atoms with E-state index in [1.165, 1.54) is 0 Å². The molecule has 0 aliphatic heterocycles. The number of hydrogen-bond donors (Lipinski definition) is 1. The molecule has 0 aromatic rings. The van der Waals surface area contributed by atoms with Crippen LogP contribution in [0.2, 0.25) is 0 Å². The van der Waals surface area contributed by atoms with E-state index in [9.17, 15) is 9.90 Å². The standard InChI is InChI=1S/C13H18O2/c1-4-7-13(10-11(2)14)9-6-5-8-12(13,3)15/h4-9,15H,10H2,1-3H3. The molecule has 2 unspecified atom stereocenters. The van der Waals surface area contributed by atoms with Crippen LogP contribution in [-0.4, -0.2) is 16.5 Å². The van der Waals surface area contributed by atoms with E-state index in [1.54, 1.807) is 19.9 Å². The van der Waals surface area contributed by atoms with Crippen molar-refractivity contribution >= 4 is 5.78 Å². The Labute approximate surface area is 91.0 Å². The lowest BCUT2D eigenvalue weighted by Crippen LogP contribution is -2.44. The molecule has 1 aliphatic rings. The minimum atomic E-state index is -1.00. The number of carbonyl (C=O) groups is 1. The van der Waals surface area contributed by atoms with E-state index in [2.05, 4.69) is 0 Å². The molecule has 0 aromatic carbocycles. The van der Waals surface area contributed by atoms with E-state index in [0.717, 1.165) is 0 Å². The summed E-state index contributed by atoms with van der Waals surface area (Å²) < 4.78 is 0. The Morgan fingerprint density at radius 1 is 1.40 bits per heavy atom. The van der Waals surface area contributed by atoms with Crippen LogP contribution in [0.25, 0.3) is 0 Å². The van der Waals surface area contributed by atoms with Gasteiger partial charge in [0.25, 0.3) is 0 Å². The number of ketones is 1. The molecular weight excluding hydrogens is 188 g/mol. The third kappa shape index (κ3) is 2.26. The Kier molecular flexibility index (Phi) is 3.30. The summed E-state index contributed by atoms with van der Waals surface area (Å²) in [6.45, 7) is 5.17. The number of allylic oxidation sites excluding steroid dienone is 3. The smallest absolute Gasteiger partial charge is 0.131 e. The first-order valence-electron chi connectivity index (χ1n) is 5.16. The molecule has 0 saturated heterocycles. The van der Waals surface area contributed by atoms with E-state index < -0.39 is 11.0 Å². The molecule has 0 bridgehead atoms. The van der Waals surface area contributed by atoms with Crippen LogP contribution in [0.5, 0.6) is 0 Å². The molecule has 1 rings (SSSR count). The van der Waals surface area contributed by atoms with Crippen molar-refractivity contribution < 1.29 is 9.90 Å². The van der Waals surface area contributed by atoms with Crippen LogP contribution >= 0.6 is 0 Å². The predicted octanol–water partition coefficient (Wildman–Crippen LogP) is 2.41. The Bertz CT molecular complexity index is 334. The molecule has 0 aromatic heterocycles. The van der Waals surface area contributed by atoms with Crippen molar-refractivity contribution in [2.75, 3.05) is 0 Å². The summed E-state index contributed by atoms with van der Waals surface area (Å²) in [5.74, 6) is 0.0772. The minimum Gasteiger partial charge on any atom is -0.385 e. The quantitative estimate of drug-likeness (QED) is 0.720. The lowest BCUT2D eigenvalue weighted by molar-refractivity contribution is -0.120. The van der Waals surface area contributed by atoms with Crippen molar-refractivity contribution in [3.05, 3.63) is 36.5 Å². The Balaban J connectivity index is 3.14. The zero-order valence-electron chi connectivity index (χ0n) is 9.53. The lowest BCUT2D eigenvalue weighted by Gasteiger charge is -2.40. The molecule has 2 nitrogen and oxygen atoms in total. The van der Waals surface area contributed by atoms with Gasteiger partial charge < -0.3 is 5.11 Å². The summed E-state index contributed by atoms with van der Waals surface area (Å²) in [4.78, 5) is 11.3. The van der Waals surface area contributed by atoms with Crippen LogP contribution in [0.15, 0.2) is 36.5 Å². The zero-order valence-corrected chi connectivity index (χ0v) is 9.53. The SMILES string of the molecule is CC=CC1(CC(C)=O)C=CC=CC1(C)O. The highest BCUT2D eigenvalue weighted by Gasteiger charge is 2.43. The fourth-order valence-electron chi connectivity index (χ4n) is 2.02. The average molecular weight is 206 g/mol. The fraction of sp³-hybridized carbons (Fsp3) is 0.462. The minimum absolute atomic E-state index is 0.0772. The monoisotopic (exact) mass is 206 g/mol. The van der Waals surface area contributed by atoms with E-state index in [1.807, 2.05) is 37.3 Å². The van der Waals surface area contributed by atoms with Crippen molar-refractivity contribution in [3.8, 4) is 0 Å². The van der Waals surface area contributed by atoms with Crippen molar-refractivity contribution in [1.29, 1.82) is 0 Å². The van der Waals surface area contributed by atoms with Gasteiger partial charge in [0.2, 0.25) is 0 Å². The third-order valence-electron chi connectivity index (χ3n) is 2.87. The van der Waals surface area contributed by atoms with Crippen LogP contribution in [-0.2, 0) is 4.79 Å². The Hall–Kier alpha value is -1.15. The van der Waals surface area contributed by atoms with Gasteiger partial charge in [0.1, 0.15) is 5.78 Å². The summed E-state index contributed by atoms with van der Waals surface area (Å²) in [5, 5.41) is 10.3. The largest absolute Gasteiger partial charge is 0.385 e. The molecule has 2 heteroatoms. The Morgan fingerprint density at radius 2 is 2.00 bits per heavy atom. The maximum Gasteiger partial charge on any atom is 0.131 e. The molecule has 1 aliphatic carbocycles. The first kappa shape index (κ1) is 11.9. The molecule has 0 heterocycles. The number of hydrogen-bond acceptors (Lipinski definition) is 2. The molecule has 0 radical (unpaired) electrons. The molecule has 0 saturated carbocycles. The van der Waals surface area contributed by atoms with Gasteiger partial charge in [-0.3, -0.25) is 4.79 Å². The molecule has 0 amide bonds. The van der Waals surface area contributed by atoms with Crippen molar-refractivity contribution in [2.24, 2.45) is 5.41 Å². The molecule has 82 valence electrons. The second kappa shape index (κ2) is 4.15. The van der Waals surface area contributed by atoms with Gasteiger partial charge in [0.15, 0.2) is 0 Å². The van der Waals surface area contributed by atoms with Crippen LogP contribution in [0.3, 0.4) is 0 Å². The molecule has 1 N–H and O–H groups in total. The van der Waals surface area contributed by atoms with E-state index in [0.29, 0.717) is 6.42 Å². The van der Waals surface area contributed by atoms with Gasteiger partial charge in [-0.15, -0.1) is 0 Å². The van der Waals surface area contributed by atoms with Gasteiger partial charge in [0, 0.05) is 11.8 Å². The first-order valence-corrected chi connectivity index (χ1v) is 5.16.